The van der Waals surface area contributed by atoms with Crippen LogP contribution in [0.3, 0.4) is 0 Å². The Morgan fingerprint density at radius 3 is 0.500 bits per heavy atom. The topological polar surface area (TPSA) is 31.5 Å². The van der Waals surface area contributed by atoms with Crippen molar-refractivity contribution in [3.8, 4) is 0 Å². The van der Waals surface area contributed by atoms with E-state index in [1.807, 2.05) is 0 Å². The van der Waals surface area contributed by atoms with Crippen molar-refractivity contribution in [2.24, 2.45) is 0 Å². The molecule has 0 bridgehead atoms. The van der Waals surface area contributed by atoms with E-state index in [0.717, 1.165) is 0 Å². The van der Waals surface area contributed by atoms with Crippen molar-refractivity contribution < 1.29 is 55.4 Å². The summed E-state index contributed by atoms with van der Waals surface area (Å²) in [6, 6.07) is 0. The second-order valence-corrected chi connectivity index (χ2v) is 0. The standard InChI is InChI=1S/4FH.H2O.U/h4*1H;1H2;. The van der Waals surface area contributed by atoms with Crippen LogP contribution >= 0.6 is 0 Å². The van der Waals surface area contributed by atoms with Crippen LogP contribution in [0.5, 0.6) is 0 Å². The molecule has 0 aromatic rings. The van der Waals surface area contributed by atoms with Gasteiger partial charge in [-0.2, -0.15) is 0 Å². The molecule has 44 valence electrons. The minimum Gasteiger partial charge on any atom is -0.412 e. The first-order valence-corrected chi connectivity index (χ1v) is 0. The zero-order valence-electron chi connectivity index (χ0n) is 2.63. The maximum Gasteiger partial charge on any atom is 0 e. The van der Waals surface area contributed by atoms with Crippen LogP contribution in [-0.2, 0) is 0 Å². The van der Waals surface area contributed by atoms with E-state index in [-0.39, 0.29) is 55.4 Å². The van der Waals surface area contributed by atoms with E-state index in [1.165, 1.54) is 0 Å². The molecular formula is H6F4OU. The number of hydrogen-bond acceptors (Lipinski definition) is 0. The van der Waals surface area contributed by atoms with Crippen molar-refractivity contribution in [2.45, 2.75) is 0 Å². The molecule has 2 N–H and O–H groups in total. The van der Waals surface area contributed by atoms with Gasteiger partial charge in [0.25, 0.3) is 0 Å². The minimum absolute atomic E-state index is 0. The van der Waals surface area contributed by atoms with Crippen molar-refractivity contribution in [1.29, 1.82) is 0 Å². The van der Waals surface area contributed by atoms with Gasteiger partial charge < -0.3 is 5.48 Å². The van der Waals surface area contributed by atoms with E-state index in [1.54, 1.807) is 0 Å². The molecule has 0 spiro atoms. The SMILES string of the molecule is F.F.F.F.O.[U]. The van der Waals surface area contributed by atoms with Gasteiger partial charge in [-0.25, -0.2) is 0 Å². The predicted octanol–water partition coefficient (Wildman–Crippen LogP) is -0.215. The molecule has 6 heavy (non-hydrogen) atoms. The Labute approximate surface area is 55.6 Å². The Hall–Kier alpha value is 0.732. The van der Waals surface area contributed by atoms with E-state index in [0.29, 0.717) is 0 Å². The molecule has 0 aliphatic heterocycles. The number of halogens is 4. The summed E-state index contributed by atoms with van der Waals surface area (Å²) in [6.07, 6.45) is 0. The smallest absolute Gasteiger partial charge is 0 e. The first-order chi connectivity index (χ1) is 0. The van der Waals surface area contributed by atoms with Gasteiger partial charge >= 0.3 is 0 Å². The molecule has 0 heterocycles. The fourth-order valence-corrected chi connectivity index (χ4v) is 0. The van der Waals surface area contributed by atoms with Gasteiger partial charge in [-0.15, -0.1) is 0 Å². The minimum atomic E-state index is 0. The Kier molecular flexibility index (Phi) is 16500. The van der Waals surface area contributed by atoms with Crippen LogP contribution < -0.4 is 0 Å². The molecule has 0 fully saturated rings. The van der Waals surface area contributed by atoms with Crippen molar-refractivity contribution in [1.82, 2.24) is 0 Å². The second-order valence-electron chi connectivity index (χ2n) is 0. The van der Waals surface area contributed by atoms with Crippen molar-refractivity contribution in [2.75, 3.05) is 0 Å². The molecule has 0 rings (SSSR count). The fourth-order valence-electron chi connectivity index (χ4n) is 0. The maximum atomic E-state index is 0. The van der Waals surface area contributed by atoms with E-state index in [2.05, 4.69) is 0 Å². The van der Waals surface area contributed by atoms with Gasteiger partial charge in [0.05, 0.1) is 0 Å². The van der Waals surface area contributed by atoms with E-state index >= 15 is 0 Å². The van der Waals surface area contributed by atoms with Crippen LogP contribution in [0.4, 0.5) is 18.8 Å². The third-order valence-corrected chi connectivity index (χ3v) is 0. The molecule has 0 radical (unpaired) electrons. The van der Waals surface area contributed by atoms with Crippen molar-refractivity contribution >= 4 is 0 Å². The van der Waals surface area contributed by atoms with Gasteiger partial charge in [0, 0.05) is 31.1 Å². The normalized spacial score (nSPS) is 0. The number of hydrogen-bond donors (Lipinski definition) is 0. The Morgan fingerprint density at radius 2 is 0.500 bits per heavy atom. The molecule has 0 aliphatic rings. The molecule has 0 amide bonds. The summed E-state index contributed by atoms with van der Waals surface area (Å²) in [4.78, 5) is 0. The first kappa shape index (κ1) is 413. The van der Waals surface area contributed by atoms with Crippen LogP contribution in [0.25, 0.3) is 0 Å². The monoisotopic (exact) mass is 336 g/mol. The van der Waals surface area contributed by atoms with E-state index < -0.39 is 0 Å². The third-order valence-electron chi connectivity index (χ3n) is 0. The van der Waals surface area contributed by atoms with Crippen molar-refractivity contribution in [3.05, 3.63) is 0 Å². The second kappa shape index (κ2) is 240. The Balaban J connectivity index is 0. The summed E-state index contributed by atoms with van der Waals surface area (Å²) in [5.74, 6) is 0. The Bertz CT molecular complexity index is 7.51. The van der Waals surface area contributed by atoms with Gasteiger partial charge in [0.15, 0.2) is 0 Å². The van der Waals surface area contributed by atoms with Crippen LogP contribution in [0.15, 0.2) is 0 Å². The quantitative estimate of drug-likeness (QED) is 0.548. The molecule has 0 aromatic heterocycles. The fraction of sp³-hybridized carbons (Fsp3) is 0. The first-order valence-electron chi connectivity index (χ1n) is 0. The summed E-state index contributed by atoms with van der Waals surface area (Å²) < 4.78 is 0. The molecule has 1 nitrogen and oxygen atoms in total. The molecule has 0 aromatic carbocycles. The van der Waals surface area contributed by atoms with E-state index in [9.17, 15) is 0 Å². The zero-order chi connectivity index (χ0) is 0. The molecule has 0 saturated carbocycles. The summed E-state index contributed by atoms with van der Waals surface area (Å²) in [5, 5.41) is 0. The molecule has 6 heteroatoms. The van der Waals surface area contributed by atoms with Gasteiger partial charge in [0.1, 0.15) is 0 Å². The van der Waals surface area contributed by atoms with Crippen LogP contribution in [0.1, 0.15) is 0 Å². The van der Waals surface area contributed by atoms with Gasteiger partial charge in [-0.05, 0) is 0 Å². The molecule has 0 unspecified atom stereocenters. The predicted molar refractivity (Wildman–Crippen MR) is 13.6 cm³/mol. The van der Waals surface area contributed by atoms with Gasteiger partial charge in [-0.1, -0.05) is 0 Å². The summed E-state index contributed by atoms with van der Waals surface area (Å²) in [6.45, 7) is 0. The summed E-state index contributed by atoms with van der Waals surface area (Å²) in [5.41, 5.74) is 0. The third kappa shape index (κ3) is 123. The Morgan fingerprint density at radius 1 is 0.500 bits per heavy atom. The average molecular weight is 336 g/mol. The number of rotatable bonds is 0. The van der Waals surface area contributed by atoms with E-state index in [4.69, 9.17) is 0 Å². The van der Waals surface area contributed by atoms with Crippen LogP contribution in [-0.4, -0.2) is 5.48 Å². The maximum absolute atomic E-state index is 0. The molecule has 0 aliphatic carbocycles. The summed E-state index contributed by atoms with van der Waals surface area (Å²) in [7, 11) is 0. The van der Waals surface area contributed by atoms with Crippen LogP contribution in [0, 0.1) is 31.1 Å². The van der Waals surface area contributed by atoms with Gasteiger partial charge in [0.2, 0.25) is 0 Å². The largest absolute Gasteiger partial charge is 0.412 e. The van der Waals surface area contributed by atoms with Crippen molar-refractivity contribution in [3.63, 3.8) is 0 Å². The summed E-state index contributed by atoms with van der Waals surface area (Å²) >= 11 is 0. The van der Waals surface area contributed by atoms with Crippen LogP contribution in [0.2, 0.25) is 0 Å². The average Bonchev–Trinajstić information content (AvgIpc) is 0. The zero-order valence-corrected chi connectivity index (χ0v) is 6.80. The molecule has 0 saturated heterocycles. The van der Waals surface area contributed by atoms with Gasteiger partial charge in [-0.3, -0.25) is 18.8 Å². The molecular weight excluding hydrogens is 330 g/mol. The molecule has 0 atom stereocenters.